The van der Waals surface area contributed by atoms with Crippen molar-refractivity contribution in [3.8, 4) is 11.1 Å². The lowest BCUT2D eigenvalue weighted by molar-refractivity contribution is 0.281. The summed E-state index contributed by atoms with van der Waals surface area (Å²) in [7, 11) is 0. The first-order valence-electron chi connectivity index (χ1n) is 8.14. The summed E-state index contributed by atoms with van der Waals surface area (Å²) in [6, 6.07) is 6.72. The Bertz CT molecular complexity index is 636. The van der Waals surface area contributed by atoms with E-state index in [-0.39, 0.29) is 12.4 Å². The maximum atomic E-state index is 13.3. The minimum Gasteiger partial charge on any atom is -0.392 e. The molecule has 0 spiro atoms. The Morgan fingerprint density at radius 3 is 2.36 bits per heavy atom. The fraction of sp³-hybridized carbons (Fsp3) is 0.474. The molecule has 0 radical (unpaired) electrons. The lowest BCUT2D eigenvalue weighted by Gasteiger charge is -2.12. The first-order chi connectivity index (χ1) is 10.6. The zero-order valence-electron chi connectivity index (χ0n) is 13.2. The Morgan fingerprint density at radius 1 is 1.18 bits per heavy atom. The standard InChI is InChI=1S/C19H23FOS/c1-12(2)18-16(11-21)17(13-7-9-15(20)10-8-13)19(22-18)14-5-3-4-6-14/h7-10,12,14,21H,3-6,11H2,1-2H3. The minimum atomic E-state index is -0.212. The number of benzene rings is 1. The van der Waals surface area contributed by atoms with Gasteiger partial charge in [-0.15, -0.1) is 11.3 Å². The van der Waals surface area contributed by atoms with Gasteiger partial charge >= 0.3 is 0 Å². The molecule has 1 fully saturated rings. The van der Waals surface area contributed by atoms with E-state index in [1.165, 1.54) is 53.1 Å². The third-order valence-electron chi connectivity index (χ3n) is 4.61. The van der Waals surface area contributed by atoms with Crippen LogP contribution < -0.4 is 0 Å². The van der Waals surface area contributed by atoms with Crippen LogP contribution in [-0.2, 0) is 6.61 Å². The smallest absolute Gasteiger partial charge is 0.123 e. The van der Waals surface area contributed by atoms with E-state index >= 15 is 0 Å². The molecule has 1 aliphatic carbocycles. The van der Waals surface area contributed by atoms with Crippen LogP contribution in [0, 0.1) is 5.82 Å². The van der Waals surface area contributed by atoms with Crippen molar-refractivity contribution in [1.82, 2.24) is 0 Å². The second-order valence-electron chi connectivity index (χ2n) is 6.49. The summed E-state index contributed by atoms with van der Waals surface area (Å²) in [6.07, 6.45) is 5.04. The van der Waals surface area contributed by atoms with E-state index in [1.54, 1.807) is 0 Å². The molecule has 3 heteroatoms. The molecule has 0 atom stereocenters. The molecule has 2 aromatic rings. The summed E-state index contributed by atoms with van der Waals surface area (Å²) < 4.78 is 13.3. The van der Waals surface area contributed by atoms with Gasteiger partial charge in [0.2, 0.25) is 0 Å². The molecule has 0 amide bonds. The van der Waals surface area contributed by atoms with Crippen LogP contribution in [0.5, 0.6) is 0 Å². The summed E-state index contributed by atoms with van der Waals surface area (Å²) in [5.74, 6) is 0.792. The van der Waals surface area contributed by atoms with Crippen LogP contribution in [0.3, 0.4) is 0 Å². The highest BCUT2D eigenvalue weighted by Gasteiger charge is 2.27. The number of thiophene rings is 1. The topological polar surface area (TPSA) is 20.2 Å². The Labute approximate surface area is 135 Å². The van der Waals surface area contributed by atoms with E-state index < -0.39 is 0 Å². The van der Waals surface area contributed by atoms with Crippen LogP contribution in [-0.4, -0.2) is 5.11 Å². The van der Waals surface area contributed by atoms with Crippen LogP contribution in [0.2, 0.25) is 0 Å². The lowest BCUT2D eigenvalue weighted by Crippen LogP contribution is -1.96. The Morgan fingerprint density at radius 2 is 1.82 bits per heavy atom. The number of halogens is 1. The number of hydrogen-bond acceptors (Lipinski definition) is 2. The largest absolute Gasteiger partial charge is 0.392 e. The highest BCUT2D eigenvalue weighted by Crippen LogP contribution is 2.48. The highest BCUT2D eigenvalue weighted by molar-refractivity contribution is 7.13. The molecule has 1 saturated carbocycles. The van der Waals surface area contributed by atoms with E-state index in [1.807, 2.05) is 23.5 Å². The molecule has 1 N–H and O–H groups in total. The first-order valence-corrected chi connectivity index (χ1v) is 8.95. The highest BCUT2D eigenvalue weighted by atomic mass is 32.1. The van der Waals surface area contributed by atoms with Crippen molar-refractivity contribution in [2.24, 2.45) is 0 Å². The van der Waals surface area contributed by atoms with E-state index in [9.17, 15) is 9.50 Å². The molecule has 1 nitrogen and oxygen atoms in total. The first kappa shape index (κ1) is 15.7. The summed E-state index contributed by atoms with van der Waals surface area (Å²) in [5.41, 5.74) is 3.26. The van der Waals surface area contributed by atoms with E-state index in [4.69, 9.17) is 0 Å². The van der Waals surface area contributed by atoms with Gasteiger partial charge in [0.1, 0.15) is 5.82 Å². The Kier molecular flexibility index (Phi) is 4.65. The predicted octanol–water partition coefficient (Wildman–Crippen LogP) is 5.83. The molecular weight excluding hydrogens is 295 g/mol. The summed E-state index contributed by atoms with van der Waals surface area (Å²) in [5, 5.41) is 9.95. The SMILES string of the molecule is CC(C)c1sc(C2CCCC2)c(-c2ccc(F)cc2)c1CO. The molecular formula is C19H23FOS. The summed E-state index contributed by atoms with van der Waals surface area (Å²) >= 11 is 1.86. The predicted molar refractivity (Wildman–Crippen MR) is 90.9 cm³/mol. The van der Waals surface area contributed by atoms with Gasteiger partial charge in [0.05, 0.1) is 6.61 Å². The Hall–Kier alpha value is -1.19. The van der Waals surface area contributed by atoms with Gasteiger partial charge in [0.25, 0.3) is 0 Å². The molecule has 1 aliphatic rings. The number of aliphatic hydroxyl groups excluding tert-OH is 1. The molecule has 0 unspecified atom stereocenters. The maximum Gasteiger partial charge on any atom is 0.123 e. The van der Waals surface area contributed by atoms with Crippen LogP contribution in [0.1, 0.15) is 66.7 Å². The Balaban J connectivity index is 2.17. The maximum absolute atomic E-state index is 13.3. The fourth-order valence-electron chi connectivity index (χ4n) is 3.53. The average molecular weight is 318 g/mol. The molecule has 1 aromatic carbocycles. The second-order valence-corrected chi connectivity index (χ2v) is 7.57. The van der Waals surface area contributed by atoms with E-state index in [0.29, 0.717) is 11.8 Å². The van der Waals surface area contributed by atoms with Crippen LogP contribution >= 0.6 is 11.3 Å². The fourth-order valence-corrected chi connectivity index (χ4v) is 5.04. The summed E-state index contributed by atoms with van der Waals surface area (Å²) in [4.78, 5) is 2.68. The molecule has 0 bridgehead atoms. The number of rotatable bonds is 4. The van der Waals surface area contributed by atoms with Crippen molar-refractivity contribution in [3.63, 3.8) is 0 Å². The van der Waals surface area contributed by atoms with Gasteiger partial charge in [-0.2, -0.15) is 0 Å². The van der Waals surface area contributed by atoms with Gasteiger partial charge in [-0.1, -0.05) is 38.8 Å². The lowest BCUT2D eigenvalue weighted by atomic mass is 9.92. The van der Waals surface area contributed by atoms with Gasteiger partial charge in [-0.05, 0) is 47.9 Å². The van der Waals surface area contributed by atoms with E-state index in [2.05, 4.69) is 13.8 Å². The van der Waals surface area contributed by atoms with Crippen molar-refractivity contribution < 1.29 is 9.50 Å². The van der Waals surface area contributed by atoms with Gasteiger partial charge in [0.15, 0.2) is 0 Å². The van der Waals surface area contributed by atoms with Crippen molar-refractivity contribution in [2.75, 3.05) is 0 Å². The van der Waals surface area contributed by atoms with Crippen LogP contribution in [0.15, 0.2) is 24.3 Å². The van der Waals surface area contributed by atoms with Gasteiger partial charge in [0, 0.05) is 15.3 Å². The minimum absolute atomic E-state index is 0.0590. The van der Waals surface area contributed by atoms with Crippen LogP contribution in [0.25, 0.3) is 11.1 Å². The van der Waals surface area contributed by atoms with Gasteiger partial charge < -0.3 is 5.11 Å². The van der Waals surface area contributed by atoms with Gasteiger partial charge in [-0.25, -0.2) is 4.39 Å². The van der Waals surface area contributed by atoms with Crippen LogP contribution in [0.4, 0.5) is 4.39 Å². The van der Waals surface area contributed by atoms with Crippen molar-refractivity contribution in [1.29, 1.82) is 0 Å². The molecule has 1 heterocycles. The van der Waals surface area contributed by atoms with Crippen molar-refractivity contribution in [3.05, 3.63) is 45.4 Å². The normalized spacial score (nSPS) is 15.9. The quantitative estimate of drug-likeness (QED) is 0.752. The zero-order chi connectivity index (χ0) is 15.7. The zero-order valence-corrected chi connectivity index (χ0v) is 14.0. The monoisotopic (exact) mass is 318 g/mol. The molecule has 0 aliphatic heterocycles. The third-order valence-corrected chi connectivity index (χ3v) is 6.30. The number of hydrogen-bond donors (Lipinski definition) is 1. The second kappa shape index (κ2) is 6.51. The third kappa shape index (κ3) is 2.84. The molecule has 118 valence electrons. The molecule has 22 heavy (non-hydrogen) atoms. The molecule has 3 rings (SSSR count). The number of aliphatic hydroxyl groups is 1. The van der Waals surface area contributed by atoms with Gasteiger partial charge in [-0.3, -0.25) is 0 Å². The van der Waals surface area contributed by atoms with E-state index in [0.717, 1.165) is 11.1 Å². The molecule has 0 saturated heterocycles. The molecule has 1 aromatic heterocycles. The van der Waals surface area contributed by atoms with Crippen molar-refractivity contribution in [2.45, 2.75) is 58.0 Å². The average Bonchev–Trinajstić information content (AvgIpc) is 3.14. The summed E-state index contributed by atoms with van der Waals surface area (Å²) in [6.45, 7) is 4.42. The van der Waals surface area contributed by atoms with Crippen molar-refractivity contribution >= 4 is 11.3 Å².